The number of ether oxygens (including phenoxy) is 1. The van der Waals surface area contributed by atoms with Crippen LogP contribution in [0.4, 0.5) is 19.0 Å². The zero-order valence-corrected chi connectivity index (χ0v) is 28.5. The molecule has 2 aliphatic carbocycles. The zero-order valence-electron chi connectivity index (χ0n) is 27.6. The van der Waals surface area contributed by atoms with Gasteiger partial charge in [-0.15, -0.1) is 16.4 Å². The van der Waals surface area contributed by atoms with E-state index in [1.54, 1.807) is 24.4 Å². The van der Waals surface area contributed by atoms with Crippen LogP contribution >= 0.6 is 11.3 Å². The van der Waals surface area contributed by atoms with E-state index >= 15 is 4.39 Å². The van der Waals surface area contributed by atoms with E-state index < -0.39 is 29.3 Å². The molecule has 3 fully saturated rings. The number of thiophene rings is 1. The van der Waals surface area contributed by atoms with E-state index in [1.807, 2.05) is 17.0 Å². The van der Waals surface area contributed by atoms with Gasteiger partial charge >= 0.3 is 5.76 Å². The predicted octanol–water partition coefficient (Wildman–Crippen LogP) is 6.90. The first-order chi connectivity index (χ1) is 25.2. The molecule has 2 bridgehead atoms. The number of pyridine rings is 2. The summed E-state index contributed by atoms with van der Waals surface area (Å²) < 4.78 is 55.5. The lowest BCUT2D eigenvalue weighted by Crippen LogP contribution is -2.40. The lowest BCUT2D eigenvalue weighted by atomic mass is 9.71. The molecule has 7 heterocycles. The summed E-state index contributed by atoms with van der Waals surface area (Å²) in [5.74, 6) is -0.856. The maximum atomic E-state index is 15.7. The Kier molecular flexibility index (Phi) is 6.76. The Morgan fingerprint density at radius 2 is 1.90 bits per heavy atom. The highest BCUT2D eigenvalue weighted by Gasteiger charge is 2.65. The SMILES string of the molecule is COc1c(F)ccc2c1C[C@H](F)[C@H]2Nc1nccc2cc(-c3c4c(nc(CCc5ccc(F)cc5)c3-c3n[nH]c(=O)o3)C35CC(CN3C4=O)C5)sc12. The van der Waals surface area contributed by atoms with Crippen molar-refractivity contribution >= 4 is 33.1 Å². The molecule has 1 saturated carbocycles. The Bertz CT molecular complexity index is 2520. The number of benzene rings is 2. The third kappa shape index (κ3) is 4.45. The van der Waals surface area contributed by atoms with E-state index in [2.05, 4.69) is 20.5 Å². The monoisotopic (exact) mass is 722 g/mol. The van der Waals surface area contributed by atoms with Gasteiger partial charge in [-0.05, 0) is 78.4 Å². The molecule has 5 aliphatic rings. The number of aromatic nitrogens is 4. The van der Waals surface area contributed by atoms with Gasteiger partial charge in [-0.25, -0.2) is 28.0 Å². The maximum Gasteiger partial charge on any atom is 0.434 e. The lowest BCUT2D eigenvalue weighted by Gasteiger charge is -2.37. The van der Waals surface area contributed by atoms with Crippen molar-refractivity contribution in [3.8, 4) is 27.6 Å². The number of H-pyrrole nitrogens is 1. The van der Waals surface area contributed by atoms with Crippen LogP contribution in [-0.4, -0.2) is 50.8 Å². The lowest BCUT2D eigenvalue weighted by molar-refractivity contribution is 0.0637. The fourth-order valence-corrected chi connectivity index (χ4v) is 10.0. The van der Waals surface area contributed by atoms with E-state index in [-0.39, 0.29) is 29.8 Å². The third-order valence-corrected chi connectivity index (χ3v) is 12.3. The summed E-state index contributed by atoms with van der Waals surface area (Å²) in [6.07, 6.45) is 2.82. The van der Waals surface area contributed by atoms with Crippen molar-refractivity contribution in [2.45, 2.75) is 49.9 Å². The summed E-state index contributed by atoms with van der Waals surface area (Å²) >= 11 is 1.37. The largest absolute Gasteiger partial charge is 0.493 e. The second-order valence-corrected chi connectivity index (χ2v) is 15.0. The molecule has 10 nitrogen and oxygen atoms in total. The Morgan fingerprint density at radius 1 is 1.08 bits per heavy atom. The minimum Gasteiger partial charge on any atom is -0.493 e. The Balaban J connectivity index is 1.14. The van der Waals surface area contributed by atoms with Crippen molar-refractivity contribution in [2.75, 3.05) is 19.0 Å². The highest BCUT2D eigenvalue weighted by atomic mass is 32.1. The van der Waals surface area contributed by atoms with Crippen LogP contribution in [0.2, 0.25) is 0 Å². The molecule has 2 aromatic carbocycles. The number of aryl methyl sites for hydroxylation is 2. The summed E-state index contributed by atoms with van der Waals surface area (Å²) in [6.45, 7) is 0.652. The van der Waals surface area contributed by atoms with Crippen molar-refractivity contribution in [1.82, 2.24) is 25.1 Å². The molecule has 1 spiro atoms. The summed E-state index contributed by atoms with van der Waals surface area (Å²) in [7, 11) is 1.37. The van der Waals surface area contributed by atoms with Gasteiger partial charge < -0.3 is 19.4 Å². The van der Waals surface area contributed by atoms with Gasteiger partial charge in [0.25, 0.3) is 11.8 Å². The number of nitrogens with zero attached hydrogens (tertiary/aromatic N) is 4. The van der Waals surface area contributed by atoms with E-state index in [1.165, 1.54) is 36.6 Å². The number of nitrogens with one attached hydrogen (secondary N) is 2. The van der Waals surface area contributed by atoms with E-state index in [4.69, 9.17) is 14.1 Å². The van der Waals surface area contributed by atoms with Gasteiger partial charge in [0.15, 0.2) is 11.6 Å². The molecule has 3 aliphatic heterocycles. The number of methoxy groups -OCH3 is 1. The van der Waals surface area contributed by atoms with Crippen LogP contribution in [0.25, 0.3) is 32.0 Å². The van der Waals surface area contributed by atoms with Gasteiger partial charge in [-0.1, -0.05) is 18.2 Å². The van der Waals surface area contributed by atoms with Crippen molar-refractivity contribution < 1.29 is 27.1 Å². The molecule has 11 rings (SSSR count). The number of anilines is 1. The summed E-state index contributed by atoms with van der Waals surface area (Å²) in [5.41, 5.74) is 4.25. The Labute approximate surface area is 297 Å². The van der Waals surface area contributed by atoms with Crippen LogP contribution in [0, 0.1) is 17.6 Å². The zero-order chi connectivity index (χ0) is 35.5. The summed E-state index contributed by atoms with van der Waals surface area (Å²) in [6, 6.07) is 12.1. The third-order valence-electron chi connectivity index (χ3n) is 11.1. The number of alkyl halides is 1. The molecule has 52 heavy (non-hydrogen) atoms. The normalized spacial score (nSPS) is 22.4. The van der Waals surface area contributed by atoms with Crippen LogP contribution < -0.4 is 15.8 Å². The average molecular weight is 723 g/mol. The number of hydrogen-bond acceptors (Lipinski definition) is 9. The number of aromatic amines is 1. The van der Waals surface area contributed by atoms with Crippen molar-refractivity contribution in [3.63, 3.8) is 0 Å². The fourth-order valence-electron chi connectivity index (χ4n) is 8.85. The molecule has 2 N–H and O–H groups in total. The molecule has 4 aromatic heterocycles. The molecule has 2 atom stereocenters. The van der Waals surface area contributed by atoms with Gasteiger partial charge in [0.05, 0.1) is 45.9 Å². The first-order valence-corrected chi connectivity index (χ1v) is 17.9. The van der Waals surface area contributed by atoms with Crippen LogP contribution in [-0.2, 0) is 24.8 Å². The first-order valence-electron chi connectivity index (χ1n) is 17.1. The second-order valence-electron chi connectivity index (χ2n) is 14.0. The molecular weight excluding hydrogens is 694 g/mol. The van der Waals surface area contributed by atoms with Gasteiger partial charge in [0.1, 0.15) is 17.8 Å². The molecule has 1 amide bonds. The fraction of sp³-hybridized carbons (Fsp3) is 0.289. The molecule has 0 unspecified atom stereocenters. The van der Waals surface area contributed by atoms with E-state index in [9.17, 15) is 18.4 Å². The van der Waals surface area contributed by atoms with Gasteiger partial charge in [-0.3, -0.25) is 9.78 Å². The summed E-state index contributed by atoms with van der Waals surface area (Å²) in [4.78, 5) is 39.2. The number of hydrogen-bond donors (Lipinski definition) is 2. The minimum absolute atomic E-state index is 0.00574. The quantitative estimate of drug-likeness (QED) is 0.174. The molecule has 2 saturated heterocycles. The average Bonchev–Trinajstić information content (AvgIpc) is 3.97. The summed E-state index contributed by atoms with van der Waals surface area (Å²) in [5, 5.41) is 10.7. The van der Waals surface area contributed by atoms with Crippen molar-refractivity contribution in [2.24, 2.45) is 5.92 Å². The number of fused-ring (bicyclic) bond motifs is 3. The minimum atomic E-state index is -1.36. The standard InChI is InChI=1S/C38H29F3N6O4S/c1-50-31-22-13-24(41)30(21(22)7-8-23(31)40)44-34-32-19(10-11-42-34)12-26(52-32)28-27(35-45-46-37(49)51-35)25(9-4-17-2-5-20(39)6-3-17)43-33-29(28)36(48)47-16-18-14-38(33,47)15-18/h2-3,5-8,10-12,18,24,30H,4,9,13-16H2,1H3,(H,42,44)(H,46,49)/t18?,24-,30-,38?/m0/s1. The number of halogens is 3. The maximum absolute atomic E-state index is 15.7. The van der Waals surface area contributed by atoms with Crippen LogP contribution in [0.1, 0.15) is 57.3 Å². The van der Waals surface area contributed by atoms with E-state index in [0.29, 0.717) is 74.2 Å². The smallest absolute Gasteiger partial charge is 0.434 e. The van der Waals surface area contributed by atoms with Crippen molar-refractivity contribution in [1.29, 1.82) is 0 Å². The number of amides is 1. The molecule has 262 valence electrons. The highest BCUT2D eigenvalue weighted by Crippen LogP contribution is 2.63. The Hall–Kier alpha value is -5.50. The van der Waals surface area contributed by atoms with Gasteiger partial charge in [0, 0.05) is 35.2 Å². The van der Waals surface area contributed by atoms with Crippen LogP contribution in [0.3, 0.4) is 0 Å². The Morgan fingerprint density at radius 3 is 2.67 bits per heavy atom. The number of carbonyl (C=O) groups is 1. The number of rotatable bonds is 8. The second kappa shape index (κ2) is 11.2. The molecule has 0 radical (unpaired) electrons. The predicted molar refractivity (Wildman–Crippen MR) is 186 cm³/mol. The van der Waals surface area contributed by atoms with Gasteiger partial charge in [-0.2, -0.15) is 0 Å². The number of carbonyl (C=O) groups excluding carboxylic acids is 1. The molecule has 14 heteroatoms. The topological polar surface area (TPSA) is 126 Å². The van der Waals surface area contributed by atoms with Crippen LogP contribution in [0.15, 0.2) is 63.9 Å². The molecular formula is C38H29F3N6O4S. The highest BCUT2D eigenvalue weighted by molar-refractivity contribution is 7.23. The van der Waals surface area contributed by atoms with Crippen molar-refractivity contribution in [3.05, 3.63) is 111 Å². The first kappa shape index (κ1) is 31.3. The van der Waals surface area contributed by atoms with Crippen LogP contribution in [0.5, 0.6) is 5.75 Å². The van der Waals surface area contributed by atoms with E-state index in [0.717, 1.165) is 29.5 Å². The van der Waals surface area contributed by atoms with Gasteiger partial charge in [0.2, 0.25) is 0 Å². The molecule has 6 aromatic rings.